The van der Waals surface area contributed by atoms with E-state index in [-0.39, 0.29) is 6.04 Å². The Labute approximate surface area is 143 Å². The van der Waals surface area contributed by atoms with Crippen LogP contribution in [0, 0.1) is 6.92 Å². The highest BCUT2D eigenvalue weighted by Gasteiger charge is 2.35. The van der Waals surface area contributed by atoms with Crippen LogP contribution < -0.4 is 0 Å². The highest BCUT2D eigenvalue weighted by Crippen LogP contribution is 2.28. The fourth-order valence-corrected chi connectivity index (χ4v) is 4.84. The first-order valence-corrected chi connectivity index (χ1v) is 9.67. The van der Waals surface area contributed by atoms with Crippen LogP contribution in [-0.2, 0) is 16.6 Å². The van der Waals surface area contributed by atoms with Gasteiger partial charge >= 0.3 is 0 Å². The number of nitrogens with zero attached hydrogens (tertiary/aromatic N) is 4. The van der Waals surface area contributed by atoms with E-state index < -0.39 is 10.0 Å². The lowest BCUT2D eigenvalue weighted by atomic mass is 10.0. The Morgan fingerprint density at radius 1 is 1.21 bits per heavy atom. The number of piperazine rings is 1. The van der Waals surface area contributed by atoms with Crippen LogP contribution in [0.4, 0.5) is 0 Å². The van der Waals surface area contributed by atoms with Gasteiger partial charge in [-0.05, 0) is 26.5 Å². The van der Waals surface area contributed by atoms with Gasteiger partial charge in [0.05, 0.1) is 11.9 Å². The van der Waals surface area contributed by atoms with Gasteiger partial charge in [-0.1, -0.05) is 30.3 Å². The maximum absolute atomic E-state index is 13.1. The highest BCUT2D eigenvalue weighted by molar-refractivity contribution is 7.89. The van der Waals surface area contributed by atoms with E-state index in [2.05, 4.69) is 22.1 Å². The van der Waals surface area contributed by atoms with Crippen molar-refractivity contribution in [3.63, 3.8) is 0 Å². The molecule has 2 heterocycles. The van der Waals surface area contributed by atoms with Crippen molar-refractivity contribution in [2.75, 3.05) is 26.7 Å². The molecule has 1 atom stereocenters. The third kappa shape index (κ3) is 2.99. The maximum Gasteiger partial charge on any atom is 0.246 e. The van der Waals surface area contributed by atoms with E-state index in [1.165, 1.54) is 6.20 Å². The van der Waals surface area contributed by atoms with Gasteiger partial charge in [-0.3, -0.25) is 9.58 Å². The van der Waals surface area contributed by atoms with Gasteiger partial charge in [0.1, 0.15) is 4.90 Å². The first kappa shape index (κ1) is 17.1. The second-order valence-corrected chi connectivity index (χ2v) is 8.09. The number of hydrogen-bond donors (Lipinski definition) is 0. The van der Waals surface area contributed by atoms with Crippen LogP contribution in [0.2, 0.25) is 0 Å². The third-order valence-electron chi connectivity index (χ3n) is 4.77. The molecule has 0 N–H and O–H groups in total. The molecule has 6 nitrogen and oxygen atoms in total. The van der Waals surface area contributed by atoms with Crippen molar-refractivity contribution in [3.05, 3.63) is 47.8 Å². The molecule has 24 heavy (non-hydrogen) atoms. The Morgan fingerprint density at radius 3 is 2.54 bits per heavy atom. The largest absolute Gasteiger partial charge is 0.297 e. The number of aromatic nitrogens is 2. The van der Waals surface area contributed by atoms with Crippen LogP contribution in [0.3, 0.4) is 0 Å². The number of rotatable bonds is 4. The summed E-state index contributed by atoms with van der Waals surface area (Å²) in [6, 6.07) is 10.1. The van der Waals surface area contributed by atoms with E-state index in [0.29, 0.717) is 36.8 Å². The first-order valence-electron chi connectivity index (χ1n) is 8.23. The van der Waals surface area contributed by atoms with Crippen molar-refractivity contribution in [2.45, 2.75) is 31.3 Å². The van der Waals surface area contributed by atoms with E-state index in [1.807, 2.05) is 39.1 Å². The smallest absolute Gasteiger partial charge is 0.246 e. The normalized spacial score (nSPS) is 20.4. The molecular weight excluding hydrogens is 324 g/mol. The second kappa shape index (κ2) is 6.66. The maximum atomic E-state index is 13.1. The van der Waals surface area contributed by atoms with Crippen LogP contribution in [0.15, 0.2) is 41.4 Å². The summed E-state index contributed by atoms with van der Waals surface area (Å²) >= 11 is 0. The minimum absolute atomic E-state index is 0.0660. The Hall–Kier alpha value is -1.70. The summed E-state index contributed by atoms with van der Waals surface area (Å²) in [4.78, 5) is 2.53. The lowest BCUT2D eigenvalue weighted by molar-refractivity contribution is 0.148. The molecule has 1 aliphatic heterocycles. The Kier molecular flexibility index (Phi) is 4.76. The molecule has 1 aliphatic rings. The van der Waals surface area contributed by atoms with E-state index >= 15 is 0 Å². The van der Waals surface area contributed by atoms with Crippen molar-refractivity contribution < 1.29 is 8.42 Å². The summed E-state index contributed by atoms with van der Waals surface area (Å²) in [6.45, 7) is 6.10. The Bertz CT molecular complexity index is 801. The molecule has 0 bridgehead atoms. The van der Waals surface area contributed by atoms with Gasteiger partial charge in [0, 0.05) is 32.2 Å². The average molecular weight is 348 g/mol. The lowest BCUT2D eigenvalue weighted by Crippen LogP contribution is -2.48. The molecule has 1 aromatic heterocycles. The molecule has 0 saturated carbocycles. The number of benzene rings is 1. The summed E-state index contributed by atoms with van der Waals surface area (Å²) in [7, 11) is -1.48. The predicted octanol–water partition coefficient (Wildman–Crippen LogP) is 1.89. The van der Waals surface area contributed by atoms with Crippen LogP contribution in [0.25, 0.3) is 0 Å². The SMILES string of the molecule is CCn1ncc(S(=O)(=O)N2CCN(C)[C@@H](c3ccccc3)C2)c1C. The third-order valence-corrected chi connectivity index (χ3v) is 6.74. The number of hydrogen-bond acceptors (Lipinski definition) is 4. The van der Waals surface area contributed by atoms with E-state index in [9.17, 15) is 8.42 Å². The van der Waals surface area contributed by atoms with E-state index in [4.69, 9.17) is 0 Å². The monoisotopic (exact) mass is 348 g/mol. The van der Waals surface area contributed by atoms with Gasteiger partial charge in [-0.25, -0.2) is 8.42 Å². The summed E-state index contributed by atoms with van der Waals surface area (Å²) in [6.07, 6.45) is 1.48. The number of aryl methyl sites for hydroxylation is 1. The van der Waals surface area contributed by atoms with Gasteiger partial charge < -0.3 is 0 Å². The van der Waals surface area contributed by atoms with Crippen molar-refractivity contribution >= 4 is 10.0 Å². The minimum atomic E-state index is -3.52. The quantitative estimate of drug-likeness (QED) is 0.847. The Balaban J connectivity index is 1.90. The molecule has 0 spiro atoms. The second-order valence-electron chi connectivity index (χ2n) is 6.18. The zero-order chi connectivity index (χ0) is 17.3. The zero-order valence-corrected chi connectivity index (χ0v) is 15.2. The minimum Gasteiger partial charge on any atom is -0.297 e. The molecule has 0 aliphatic carbocycles. The van der Waals surface area contributed by atoms with E-state index in [0.717, 1.165) is 5.56 Å². The van der Waals surface area contributed by atoms with Gasteiger partial charge in [-0.15, -0.1) is 0 Å². The molecule has 0 amide bonds. The van der Waals surface area contributed by atoms with Crippen molar-refractivity contribution in [3.8, 4) is 0 Å². The topological polar surface area (TPSA) is 58.4 Å². The fraction of sp³-hybridized carbons (Fsp3) is 0.471. The zero-order valence-electron chi connectivity index (χ0n) is 14.4. The molecule has 2 aromatic rings. The predicted molar refractivity (Wildman–Crippen MR) is 93.2 cm³/mol. The van der Waals surface area contributed by atoms with E-state index in [1.54, 1.807) is 8.99 Å². The molecule has 1 aromatic carbocycles. The van der Waals surface area contributed by atoms with Crippen LogP contribution >= 0.6 is 0 Å². The van der Waals surface area contributed by atoms with Crippen molar-refractivity contribution in [1.29, 1.82) is 0 Å². The molecule has 7 heteroatoms. The molecular formula is C17H24N4O2S. The van der Waals surface area contributed by atoms with Crippen LogP contribution in [-0.4, -0.2) is 54.1 Å². The summed E-state index contributed by atoms with van der Waals surface area (Å²) in [5.74, 6) is 0. The van der Waals surface area contributed by atoms with Crippen molar-refractivity contribution in [1.82, 2.24) is 19.0 Å². The standard InChI is InChI=1S/C17H24N4O2S/c1-4-21-14(2)17(12-18-21)24(22,23)20-11-10-19(3)16(13-20)15-8-6-5-7-9-15/h5-9,12,16H,4,10-11,13H2,1-3H3/t16-/m1/s1. The number of sulfonamides is 1. The molecule has 1 saturated heterocycles. The Morgan fingerprint density at radius 2 is 1.92 bits per heavy atom. The molecule has 130 valence electrons. The molecule has 3 rings (SSSR count). The van der Waals surface area contributed by atoms with Gasteiger partial charge in [0.2, 0.25) is 10.0 Å². The van der Waals surface area contributed by atoms with Gasteiger partial charge in [-0.2, -0.15) is 9.40 Å². The van der Waals surface area contributed by atoms with Gasteiger partial charge in [0.15, 0.2) is 0 Å². The summed E-state index contributed by atoms with van der Waals surface area (Å²) in [5.41, 5.74) is 1.84. The van der Waals surface area contributed by atoms with Gasteiger partial charge in [0.25, 0.3) is 0 Å². The molecule has 0 unspecified atom stereocenters. The van der Waals surface area contributed by atoms with Crippen molar-refractivity contribution in [2.24, 2.45) is 0 Å². The van der Waals surface area contributed by atoms with Crippen LogP contribution in [0.1, 0.15) is 24.2 Å². The summed E-state index contributed by atoms with van der Waals surface area (Å²) in [5, 5.41) is 4.19. The molecule has 1 fully saturated rings. The molecule has 0 radical (unpaired) electrons. The lowest BCUT2D eigenvalue weighted by Gasteiger charge is -2.38. The average Bonchev–Trinajstić information content (AvgIpc) is 2.97. The highest BCUT2D eigenvalue weighted by atomic mass is 32.2. The fourth-order valence-electron chi connectivity index (χ4n) is 3.24. The summed E-state index contributed by atoms with van der Waals surface area (Å²) < 4.78 is 29.5. The first-order chi connectivity index (χ1) is 11.4. The number of likely N-dealkylation sites (N-methyl/N-ethyl adjacent to an activating group) is 1. The van der Waals surface area contributed by atoms with Crippen LogP contribution in [0.5, 0.6) is 0 Å².